The smallest absolute Gasteiger partial charge is 0.225 e. The average Bonchev–Trinajstić information content (AvgIpc) is 2.81. The molecule has 2 aromatic rings. The molecule has 0 bridgehead atoms. The summed E-state index contributed by atoms with van der Waals surface area (Å²) in [4.78, 5) is 16.9. The second kappa shape index (κ2) is 10.3. The van der Waals surface area contributed by atoms with Gasteiger partial charge in [-0.1, -0.05) is 13.0 Å². The van der Waals surface area contributed by atoms with E-state index in [0.717, 1.165) is 76.2 Å². The largest absolute Gasteiger partial charge is 0.490 e. The Morgan fingerprint density at radius 2 is 1.68 bits per heavy atom. The summed E-state index contributed by atoms with van der Waals surface area (Å²) in [5.74, 6) is 2.55. The lowest BCUT2D eigenvalue weighted by molar-refractivity contribution is 0.241. The Morgan fingerprint density at radius 1 is 0.903 bits per heavy atom. The molecular weight excluding hydrogens is 390 g/mol. The van der Waals surface area contributed by atoms with Crippen molar-refractivity contribution >= 4 is 5.95 Å². The molecule has 2 aliphatic rings. The number of ether oxygens (including phenoxy) is 2. The Morgan fingerprint density at radius 3 is 2.42 bits per heavy atom. The van der Waals surface area contributed by atoms with Gasteiger partial charge in [0.1, 0.15) is 0 Å². The quantitative estimate of drug-likeness (QED) is 0.644. The number of hydrogen-bond donors (Lipinski definition) is 0. The van der Waals surface area contributed by atoms with E-state index in [1.165, 1.54) is 16.8 Å². The van der Waals surface area contributed by atoms with Gasteiger partial charge in [0.25, 0.3) is 0 Å². The highest BCUT2D eigenvalue weighted by molar-refractivity contribution is 5.43. The fraction of sp³-hybridized carbons (Fsp3) is 0.583. The van der Waals surface area contributed by atoms with Crippen LogP contribution in [0.15, 0.2) is 24.4 Å². The van der Waals surface area contributed by atoms with Crippen LogP contribution in [-0.4, -0.2) is 72.3 Å². The van der Waals surface area contributed by atoms with Crippen molar-refractivity contribution in [3.63, 3.8) is 0 Å². The van der Waals surface area contributed by atoms with E-state index in [2.05, 4.69) is 33.8 Å². The molecule has 0 saturated carbocycles. The lowest BCUT2D eigenvalue weighted by Crippen LogP contribution is -2.47. The van der Waals surface area contributed by atoms with Crippen LogP contribution in [0.5, 0.6) is 11.5 Å². The Labute approximate surface area is 186 Å². The van der Waals surface area contributed by atoms with Gasteiger partial charge in [0, 0.05) is 64.0 Å². The lowest BCUT2D eigenvalue weighted by atomic mass is 10.1. The molecule has 0 amide bonds. The van der Waals surface area contributed by atoms with Crippen molar-refractivity contribution in [3.8, 4) is 11.5 Å². The van der Waals surface area contributed by atoms with Gasteiger partial charge < -0.3 is 19.3 Å². The van der Waals surface area contributed by atoms with Crippen molar-refractivity contribution in [3.05, 3.63) is 41.2 Å². The van der Waals surface area contributed by atoms with Gasteiger partial charge in [0.05, 0.1) is 18.9 Å². The van der Waals surface area contributed by atoms with Crippen molar-refractivity contribution in [1.82, 2.24) is 19.8 Å². The SMILES string of the molecule is CCOc1ccc(CN2CCc3nc(N4CCN(CC)CC4)ncc3C2)cc1OCC. The molecule has 31 heavy (non-hydrogen) atoms. The van der Waals surface area contributed by atoms with Gasteiger partial charge in [-0.15, -0.1) is 0 Å². The van der Waals surface area contributed by atoms with E-state index in [4.69, 9.17) is 19.4 Å². The molecule has 0 aliphatic carbocycles. The van der Waals surface area contributed by atoms with Crippen LogP contribution in [0.1, 0.15) is 37.6 Å². The number of hydrogen-bond acceptors (Lipinski definition) is 7. The normalized spacial score (nSPS) is 17.5. The first-order valence-electron chi connectivity index (χ1n) is 11.6. The van der Waals surface area contributed by atoms with Gasteiger partial charge in [0.2, 0.25) is 5.95 Å². The zero-order valence-electron chi connectivity index (χ0n) is 19.1. The second-order valence-corrected chi connectivity index (χ2v) is 8.17. The molecule has 7 heteroatoms. The molecule has 3 heterocycles. The number of nitrogens with zero attached hydrogens (tertiary/aromatic N) is 5. The maximum atomic E-state index is 5.79. The topological polar surface area (TPSA) is 54.0 Å². The average molecular weight is 426 g/mol. The highest BCUT2D eigenvalue weighted by Gasteiger charge is 2.22. The minimum absolute atomic E-state index is 0.633. The first-order valence-corrected chi connectivity index (χ1v) is 11.6. The third-order valence-corrected chi connectivity index (χ3v) is 6.12. The molecule has 2 aliphatic heterocycles. The molecule has 0 radical (unpaired) electrons. The standard InChI is InChI=1S/C24H35N5O2/c1-4-27-11-13-29(14-12-27)24-25-16-20-18-28(10-9-21(20)26-24)17-19-7-8-22(30-5-2)23(15-19)31-6-3/h7-8,15-16H,4-6,9-14,17-18H2,1-3H3. The summed E-state index contributed by atoms with van der Waals surface area (Å²) in [5.41, 5.74) is 3.70. The molecule has 1 aromatic heterocycles. The zero-order valence-corrected chi connectivity index (χ0v) is 19.1. The molecule has 4 rings (SSSR count). The first-order chi connectivity index (χ1) is 15.2. The van der Waals surface area contributed by atoms with Gasteiger partial charge in [-0.2, -0.15) is 0 Å². The molecule has 0 atom stereocenters. The van der Waals surface area contributed by atoms with Crippen LogP contribution in [0.3, 0.4) is 0 Å². The number of rotatable bonds is 8. The van der Waals surface area contributed by atoms with E-state index in [1.54, 1.807) is 0 Å². The predicted molar refractivity (Wildman–Crippen MR) is 123 cm³/mol. The second-order valence-electron chi connectivity index (χ2n) is 8.17. The molecule has 1 fully saturated rings. The fourth-order valence-electron chi connectivity index (χ4n) is 4.37. The van der Waals surface area contributed by atoms with Crippen LogP contribution in [-0.2, 0) is 19.5 Å². The van der Waals surface area contributed by atoms with Crippen LogP contribution in [0.25, 0.3) is 0 Å². The zero-order chi connectivity index (χ0) is 21.6. The number of aromatic nitrogens is 2. The van der Waals surface area contributed by atoms with E-state index >= 15 is 0 Å². The number of likely N-dealkylation sites (N-methyl/N-ethyl adjacent to an activating group) is 1. The highest BCUT2D eigenvalue weighted by Crippen LogP contribution is 2.30. The summed E-state index contributed by atoms with van der Waals surface area (Å²) >= 11 is 0. The monoisotopic (exact) mass is 425 g/mol. The summed E-state index contributed by atoms with van der Waals surface area (Å²) in [7, 11) is 0. The molecule has 1 aromatic carbocycles. The molecule has 1 saturated heterocycles. The third kappa shape index (κ3) is 5.28. The number of benzene rings is 1. The van der Waals surface area contributed by atoms with E-state index in [1.807, 2.05) is 26.1 Å². The van der Waals surface area contributed by atoms with Gasteiger partial charge in [0.15, 0.2) is 11.5 Å². The van der Waals surface area contributed by atoms with Crippen molar-refractivity contribution in [2.24, 2.45) is 0 Å². The van der Waals surface area contributed by atoms with E-state index in [-0.39, 0.29) is 0 Å². The fourth-order valence-corrected chi connectivity index (χ4v) is 4.37. The number of anilines is 1. The van der Waals surface area contributed by atoms with Gasteiger partial charge in [-0.3, -0.25) is 4.90 Å². The van der Waals surface area contributed by atoms with Crippen molar-refractivity contribution < 1.29 is 9.47 Å². The molecule has 168 valence electrons. The Balaban J connectivity index is 1.40. The van der Waals surface area contributed by atoms with Crippen LogP contribution in [0.4, 0.5) is 5.95 Å². The molecule has 0 unspecified atom stereocenters. The van der Waals surface area contributed by atoms with E-state index in [0.29, 0.717) is 13.2 Å². The summed E-state index contributed by atoms with van der Waals surface area (Å²) in [5, 5.41) is 0. The summed E-state index contributed by atoms with van der Waals surface area (Å²) in [6.07, 6.45) is 3.01. The van der Waals surface area contributed by atoms with Crippen molar-refractivity contribution in [2.75, 3.05) is 57.4 Å². The van der Waals surface area contributed by atoms with Crippen LogP contribution in [0.2, 0.25) is 0 Å². The van der Waals surface area contributed by atoms with Crippen molar-refractivity contribution in [1.29, 1.82) is 0 Å². The van der Waals surface area contributed by atoms with Gasteiger partial charge >= 0.3 is 0 Å². The lowest BCUT2D eigenvalue weighted by Gasteiger charge is -2.35. The minimum Gasteiger partial charge on any atom is -0.490 e. The predicted octanol–water partition coefficient (Wildman–Crippen LogP) is 2.97. The summed E-state index contributed by atoms with van der Waals surface area (Å²) < 4.78 is 11.5. The summed E-state index contributed by atoms with van der Waals surface area (Å²) in [6, 6.07) is 6.27. The first kappa shape index (κ1) is 21.8. The van der Waals surface area contributed by atoms with Crippen LogP contribution >= 0.6 is 0 Å². The van der Waals surface area contributed by atoms with Gasteiger partial charge in [-0.25, -0.2) is 9.97 Å². The Kier molecular flexibility index (Phi) is 7.25. The van der Waals surface area contributed by atoms with Crippen molar-refractivity contribution in [2.45, 2.75) is 40.3 Å². The molecule has 0 spiro atoms. The maximum absolute atomic E-state index is 5.79. The highest BCUT2D eigenvalue weighted by atomic mass is 16.5. The van der Waals surface area contributed by atoms with Crippen LogP contribution in [0, 0.1) is 0 Å². The molecule has 0 N–H and O–H groups in total. The third-order valence-electron chi connectivity index (χ3n) is 6.12. The number of piperazine rings is 1. The van der Waals surface area contributed by atoms with E-state index < -0.39 is 0 Å². The van der Waals surface area contributed by atoms with Gasteiger partial charge in [-0.05, 0) is 38.1 Å². The minimum atomic E-state index is 0.633. The van der Waals surface area contributed by atoms with Crippen LogP contribution < -0.4 is 14.4 Å². The maximum Gasteiger partial charge on any atom is 0.225 e. The summed E-state index contributed by atoms with van der Waals surface area (Å²) in [6.45, 7) is 15.6. The molecule has 7 nitrogen and oxygen atoms in total. The number of fused-ring (bicyclic) bond motifs is 1. The Bertz CT molecular complexity index is 867. The van der Waals surface area contributed by atoms with E-state index in [9.17, 15) is 0 Å². The Hall–Kier alpha value is -2.38. The molecular formula is C24H35N5O2.